The van der Waals surface area contributed by atoms with E-state index in [1.165, 1.54) is 44.9 Å². The van der Waals surface area contributed by atoms with Gasteiger partial charge in [-0.1, -0.05) is 76.5 Å². The fourth-order valence-corrected chi connectivity index (χ4v) is 3.62. The Morgan fingerprint density at radius 3 is 1.94 bits per heavy atom. The number of Topliss-reactive ketones (excluding diaryl/α,β-unsaturated/α-hetero) is 1. The Labute approximate surface area is 187 Å². The van der Waals surface area contributed by atoms with Crippen LogP contribution >= 0.6 is 0 Å². The number of unbranched alkanes of at least 4 members (excludes halogenated alkanes) is 7. The van der Waals surface area contributed by atoms with E-state index in [1.807, 2.05) is 42.5 Å². The molecule has 0 aliphatic carbocycles. The number of benzene rings is 2. The Kier molecular flexibility index (Phi) is 12.4. The van der Waals surface area contributed by atoms with Gasteiger partial charge in [-0.3, -0.25) is 4.79 Å². The van der Waals surface area contributed by atoms with Crippen LogP contribution in [0.3, 0.4) is 0 Å². The van der Waals surface area contributed by atoms with E-state index in [0.717, 1.165) is 30.6 Å². The van der Waals surface area contributed by atoms with Crippen molar-refractivity contribution in [1.82, 2.24) is 0 Å². The van der Waals surface area contributed by atoms with E-state index >= 15 is 0 Å². The van der Waals surface area contributed by atoms with Crippen molar-refractivity contribution in [1.29, 1.82) is 0 Å². The van der Waals surface area contributed by atoms with Crippen LogP contribution in [0.1, 0.15) is 94.3 Å². The summed E-state index contributed by atoms with van der Waals surface area (Å²) < 4.78 is 0. The van der Waals surface area contributed by atoms with Crippen molar-refractivity contribution in [2.75, 3.05) is 0 Å². The SMILES string of the molecule is CCCCCCCCCCC(O)CCCC(=O)c1ccc(/N=N/c2ccccc2)cc1. The van der Waals surface area contributed by atoms with Gasteiger partial charge >= 0.3 is 0 Å². The number of aliphatic hydroxyl groups is 1. The zero-order chi connectivity index (χ0) is 22.2. The predicted molar refractivity (Wildman–Crippen MR) is 128 cm³/mol. The average Bonchev–Trinajstić information content (AvgIpc) is 2.80. The maximum Gasteiger partial charge on any atom is 0.162 e. The van der Waals surface area contributed by atoms with E-state index < -0.39 is 0 Å². The quantitative estimate of drug-likeness (QED) is 0.168. The van der Waals surface area contributed by atoms with Crippen LogP contribution in [-0.4, -0.2) is 17.0 Å². The molecule has 0 aromatic heterocycles. The Hall–Kier alpha value is -2.33. The minimum Gasteiger partial charge on any atom is -0.393 e. The average molecular weight is 423 g/mol. The Bertz CT molecular complexity index is 757. The molecule has 0 bridgehead atoms. The molecule has 4 nitrogen and oxygen atoms in total. The van der Waals surface area contributed by atoms with Crippen LogP contribution < -0.4 is 0 Å². The molecule has 0 spiro atoms. The molecule has 2 aromatic rings. The molecule has 168 valence electrons. The van der Waals surface area contributed by atoms with Gasteiger partial charge in [0.1, 0.15) is 0 Å². The molecule has 0 aliphatic rings. The number of ketones is 1. The van der Waals surface area contributed by atoms with Crippen molar-refractivity contribution in [3.8, 4) is 0 Å². The van der Waals surface area contributed by atoms with E-state index in [-0.39, 0.29) is 11.9 Å². The third-order valence-corrected chi connectivity index (χ3v) is 5.56. The summed E-state index contributed by atoms with van der Waals surface area (Å²) in [5.74, 6) is 0.117. The largest absolute Gasteiger partial charge is 0.393 e. The zero-order valence-electron chi connectivity index (χ0n) is 19.0. The molecule has 0 heterocycles. The van der Waals surface area contributed by atoms with Gasteiger partial charge < -0.3 is 5.11 Å². The van der Waals surface area contributed by atoms with E-state index in [2.05, 4.69) is 17.2 Å². The molecule has 1 unspecified atom stereocenters. The summed E-state index contributed by atoms with van der Waals surface area (Å²) in [4.78, 5) is 12.4. The summed E-state index contributed by atoms with van der Waals surface area (Å²) in [6.45, 7) is 2.24. The molecule has 2 rings (SSSR count). The summed E-state index contributed by atoms with van der Waals surface area (Å²) >= 11 is 0. The third-order valence-electron chi connectivity index (χ3n) is 5.56. The number of carbonyl (C=O) groups excluding carboxylic acids is 1. The number of aliphatic hydroxyl groups excluding tert-OH is 1. The molecule has 4 heteroatoms. The molecule has 0 aliphatic heterocycles. The van der Waals surface area contributed by atoms with Gasteiger partial charge in [-0.2, -0.15) is 10.2 Å². The van der Waals surface area contributed by atoms with Crippen molar-refractivity contribution in [3.63, 3.8) is 0 Å². The van der Waals surface area contributed by atoms with Crippen LogP contribution in [0.25, 0.3) is 0 Å². The van der Waals surface area contributed by atoms with Crippen LogP contribution in [0.2, 0.25) is 0 Å². The van der Waals surface area contributed by atoms with Crippen LogP contribution in [-0.2, 0) is 0 Å². The number of nitrogens with zero attached hydrogens (tertiary/aromatic N) is 2. The highest BCUT2D eigenvalue weighted by Gasteiger charge is 2.09. The normalized spacial score (nSPS) is 12.3. The molecule has 1 atom stereocenters. The minimum atomic E-state index is -0.284. The summed E-state index contributed by atoms with van der Waals surface area (Å²) in [7, 11) is 0. The van der Waals surface area contributed by atoms with Gasteiger partial charge in [0.2, 0.25) is 0 Å². The van der Waals surface area contributed by atoms with E-state index in [1.54, 1.807) is 12.1 Å². The maximum absolute atomic E-state index is 12.4. The van der Waals surface area contributed by atoms with Gasteiger partial charge in [-0.05, 0) is 55.7 Å². The predicted octanol–water partition coefficient (Wildman–Crippen LogP) is 8.35. The van der Waals surface area contributed by atoms with Gasteiger partial charge in [-0.15, -0.1) is 0 Å². The molecule has 0 saturated carbocycles. The first-order valence-corrected chi connectivity index (χ1v) is 12.0. The number of hydrogen-bond donors (Lipinski definition) is 1. The fraction of sp³-hybridized carbons (Fsp3) is 0.519. The monoisotopic (exact) mass is 422 g/mol. The number of rotatable bonds is 16. The van der Waals surface area contributed by atoms with Gasteiger partial charge in [0, 0.05) is 12.0 Å². The van der Waals surface area contributed by atoms with E-state index in [9.17, 15) is 9.90 Å². The van der Waals surface area contributed by atoms with Crippen molar-refractivity contribution >= 4 is 17.2 Å². The minimum absolute atomic E-state index is 0.117. The first-order valence-electron chi connectivity index (χ1n) is 12.0. The smallest absolute Gasteiger partial charge is 0.162 e. The highest BCUT2D eigenvalue weighted by Crippen LogP contribution is 2.20. The highest BCUT2D eigenvalue weighted by atomic mass is 16.3. The van der Waals surface area contributed by atoms with Crippen LogP contribution in [0.15, 0.2) is 64.8 Å². The van der Waals surface area contributed by atoms with Crippen molar-refractivity contribution in [3.05, 3.63) is 60.2 Å². The second-order valence-electron chi connectivity index (χ2n) is 8.32. The lowest BCUT2D eigenvalue weighted by molar-refractivity contribution is 0.0966. The lowest BCUT2D eigenvalue weighted by atomic mass is 10.0. The number of azo groups is 1. The summed E-state index contributed by atoms with van der Waals surface area (Å²) in [6, 6.07) is 16.8. The first kappa shape index (κ1) is 24.9. The summed E-state index contributed by atoms with van der Waals surface area (Å²) in [5.41, 5.74) is 2.21. The van der Waals surface area contributed by atoms with Crippen LogP contribution in [0.4, 0.5) is 11.4 Å². The van der Waals surface area contributed by atoms with Gasteiger partial charge in [0.05, 0.1) is 17.5 Å². The van der Waals surface area contributed by atoms with Gasteiger partial charge in [0.25, 0.3) is 0 Å². The third kappa shape index (κ3) is 11.0. The van der Waals surface area contributed by atoms with Crippen LogP contribution in [0, 0.1) is 0 Å². The Morgan fingerprint density at radius 2 is 1.29 bits per heavy atom. The zero-order valence-corrected chi connectivity index (χ0v) is 19.0. The molecule has 0 radical (unpaired) electrons. The lowest BCUT2D eigenvalue weighted by Crippen LogP contribution is -2.08. The standard InChI is InChI=1S/C27H38N2O2/c1-2-3-4-5-6-7-8-12-16-26(30)17-13-18-27(31)23-19-21-25(22-20-23)29-28-24-14-10-9-11-15-24/h9-11,14-15,19-22,26,30H,2-8,12-13,16-18H2,1H3/b29-28+. The fourth-order valence-electron chi connectivity index (χ4n) is 3.62. The Morgan fingerprint density at radius 1 is 0.742 bits per heavy atom. The van der Waals surface area contributed by atoms with Crippen molar-refractivity contribution in [2.24, 2.45) is 10.2 Å². The van der Waals surface area contributed by atoms with Gasteiger partial charge in [-0.25, -0.2) is 0 Å². The summed E-state index contributed by atoms with van der Waals surface area (Å²) in [6.07, 6.45) is 12.7. The molecular formula is C27H38N2O2. The van der Waals surface area contributed by atoms with E-state index in [0.29, 0.717) is 18.4 Å². The molecule has 0 saturated heterocycles. The van der Waals surface area contributed by atoms with Crippen molar-refractivity contribution < 1.29 is 9.90 Å². The molecular weight excluding hydrogens is 384 g/mol. The first-order chi connectivity index (χ1) is 15.2. The molecule has 0 fully saturated rings. The molecule has 0 amide bonds. The van der Waals surface area contributed by atoms with Crippen LogP contribution in [0.5, 0.6) is 0 Å². The second-order valence-corrected chi connectivity index (χ2v) is 8.32. The van der Waals surface area contributed by atoms with Crippen molar-refractivity contribution in [2.45, 2.75) is 90.1 Å². The molecule has 2 aromatic carbocycles. The second kappa shape index (κ2) is 15.5. The number of hydrogen-bond acceptors (Lipinski definition) is 4. The maximum atomic E-state index is 12.4. The molecule has 1 N–H and O–H groups in total. The van der Waals surface area contributed by atoms with E-state index in [4.69, 9.17) is 0 Å². The summed E-state index contributed by atoms with van der Waals surface area (Å²) in [5, 5.41) is 18.5. The highest BCUT2D eigenvalue weighted by molar-refractivity contribution is 5.96. The Balaban J connectivity index is 1.59. The van der Waals surface area contributed by atoms with Gasteiger partial charge in [0.15, 0.2) is 5.78 Å². The topological polar surface area (TPSA) is 62.0 Å². The number of carbonyl (C=O) groups is 1. The molecule has 31 heavy (non-hydrogen) atoms. The lowest BCUT2D eigenvalue weighted by Gasteiger charge is -2.10.